The van der Waals surface area contributed by atoms with Crippen molar-refractivity contribution in [1.82, 2.24) is 0 Å². The van der Waals surface area contributed by atoms with E-state index in [0.29, 0.717) is 16.7 Å². The highest BCUT2D eigenvalue weighted by molar-refractivity contribution is 7.94. The molecule has 9 heteroatoms. The maximum absolute atomic E-state index is 13.4. The van der Waals surface area contributed by atoms with Gasteiger partial charge in [0.05, 0.1) is 12.7 Å². The number of ether oxygens (including phenoxy) is 1. The van der Waals surface area contributed by atoms with Crippen molar-refractivity contribution in [2.24, 2.45) is 0 Å². The number of halogens is 2. The fourth-order valence-electron chi connectivity index (χ4n) is 2.33. The molecule has 5 nitrogen and oxygen atoms in total. The Morgan fingerprint density at radius 1 is 1.15 bits per heavy atom. The summed E-state index contributed by atoms with van der Waals surface area (Å²) in [7, 11) is -2.64. The highest BCUT2D eigenvalue weighted by Crippen LogP contribution is 2.38. The molecule has 0 aliphatic carbocycles. The largest absolute Gasteiger partial charge is 0.465 e. The number of rotatable bonds is 5. The van der Waals surface area contributed by atoms with Crippen LogP contribution in [0.1, 0.15) is 10.4 Å². The molecule has 27 heavy (non-hydrogen) atoms. The number of hydrogen-bond acceptors (Lipinski definition) is 5. The zero-order valence-electron chi connectivity index (χ0n) is 13.9. The molecule has 0 saturated heterocycles. The van der Waals surface area contributed by atoms with Crippen LogP contribution in [-0.4, -0.2) is 21.5 Å². The molecular weight excluding hydrogens is 413 g/mol. The third-order valence-corrected chi connectivity index (χ3v) is 6.84. The summed E-state index contributed by atoms with van der Waals surface area (Å²) in [4.78, 5) is 11.4. The van der Waals surface area contributed by atoms with Crippen LogP contribution < -0.4 is 4.72 Å². The number of benzene rings is 2. The third-order valence-electron chi connectivity index (χ3n) is 3.62. The molecule has 0 saturated carbocycles. The second-order valence-electron chi connectivity index (χ2n) is 5.44. The van der Waals surface area contributed by atoms with Gasteiger partial charge < -0.3 is 4.74 Å². The Kier molecular flexibility index (Phi) is 5.50. The Labute approximate surface area is 164 Å². The first-order valence-corrected chi connectivity index (χ1v) is 10.2. The zero-order valence-corrected chi connectivity index (χ0v) is 16.3. The lowest BCUT2D eigenvalue weighted by molar-refractivity contribution is 0.0601. The van der Waals surface area contributed by atoms with E-state index in [1.807, 2.05) is 0 Å². The van der Waals surface area contributed by atoms with Crippen molar-refractivity contribution in [1.29, 1.82) is 0 Å². The maximum Gasteiger partial charge on any atom is 0.337 e. The first kappa shape index (κ1) is 19.3. The van der Waals surface area contributed by atoms with Crippen LogP contribution in [0, 0.1) is 5.82 Å². The molecule has 0 aliphatic heterocycles. The van der Waals surface area contributed by atoms with Gasteiger partial charge in [-0.1, -0.05) is 23.7 Å². The summed E-state index contributed by atoms with van der Waals surface area (Å²) in [6.07, 6.45) is 0. The summed E-state index contributed by atoms with van der Waals surface area (Å²) >= 11 is 7.04. The molecule has 2 aromatic carbocycles. The number of sulfonamides is 1. The van der Waals surface area contributed by atoms with Crippen molar-refractivity contribution < 1.29 is 22.3 Å². The molecule has 3 rings (SSSR count). The topological polar surface area (TPSA) is 72.5 Å². The molecule has 140 valence electrons. The average molecular weight is 426 g/mol. The Morgan fingerprint density at radius 3 is 2.48 bits per heavy atom. The van der Waals surface area contributed by atoms with Gasteiger partial charge in [0.1, 0.15) is 14.4 Å². The minimum Gasteiger partial charge on any atom is -0.465 e. The standard InChI is InChI=1S/C18H13ClFNO4S2/c1-25-18(22)11-5-7-14(8-6-11)21-27(23,24)16-10-15(17(19)26-16)12-3-2-4-13(20)9-12/h2-10,21H,1H3. The molecule has 0 radical (unpaired) electrons. The number of hydrogen-bond donors (Lipinski definition) is 1. The number of carbonyl (C=O) groups excluding carboxylic acids is 1. The Hall–Kier alpha value is -2.42. The van der Waals surface area contributed by atoms with Crippen LogP contribution in [0.3, 0.4) is 0 Å². The van der Waals surface area contributed by atoms with Crippen LogP contribution in [0.25, 0.3) is 11.1 Å². The van der Waals surface area contributed by atoms with E-state index in [1.165, 1.54) is 55.6 Å². The molecule has 1 N–H and O–H groups in total. The summed E-state index contributed by atoms with van der Waals surface area (Å²) in [5.74, 6) is -0.961. The Bertz CT molecular complexity index is 1090. The molecule has 1 aromatic heterocycles. The first-order chi connectivity index (χ1) is 12.8. The highest BCUT2D eigenvalue weighted by Gasteiger charge is 2.21. The lowest BCUT2D eigenvalue weighted by atomic mass is 10.1. The lowest BCUT2D eigenvalue weighted by Gasteiger charge is -2.06. The molecule has 0 aliphatic rings. The van der Waals surface area contributed by atoms with Crippen molar-refractivity contribution in [2.75, 3.05) is 11.8 Å². The van der Waals surface area contributed by atoms with E-state index >= 15 is 0 Å². The molecule has 0 atom stereocenters. The smallest absolute Gasteiger partial charge is 0.337 e. The molecule has 3 aromatic rings. The molecule has 0 fully saturated rings. The summed E-state index contributed by atoms with van der Waals surface area (Å²) in [6, 6.07) is 12.9. The van der Waals surface area contributed by atoms with Crippen LogP contribution >= 0.6 is 22.9 Å². The van der Waals surface area contributed by atoms with Crippen molar-refractivity contribution >= 4 is 44.6 Å². The van der Waals surface area contributed by atoms with Crippen LogP contribution in [0.15, 0.2) is 58.8 Å². The van der Waals surface area contributed by atoms with Crippen LogP contribution in [-0.2, 0) is 14.8 Å². The molecule has 0 spiro atoms. The Balaban J connectivity index is 1.87. The van der Waals surface area contributed by atoms with Gasteiger partial charge in [-0.2, -0.15) is 0 Å². The summed E-state index contributed by atoms with van der Waals surface area (Å²) in [6.45, 7) is 0. The number of methoxy groups -OCH3 is 1. The molecule has 0 bridgehead atoms. The van der Waals surface area contributed by atoms with Gasteiger partial charge in [-0.05, 0) is 48.0 Å². The van der Waals surface area contributed by atoms with E-state index < -0.39 is 21.8 Å². The summed E-state index contributed by atoms with van der Waals surface area (Å²) < 4.78 is 45.9. The predicted molar refractivity (Wildman–Crippen MR) is 103 cm³/mol. The van der Waals surface area contributed by atoms with Gasteiger partial charge in [0.2, 0.25) is 0 Å². The molecule has 0 amide bonds. The van der Waals surface area contributed by atoms with E-state index in [-0.39, 0.29) is 14.2 Å². The van der Waals surface area contributed by atoms with E-state index in [4.69, 9.17) is 11.6 Å². The number of anilines is 1. The van der Waals surface area contributed by atoms with Gasteiger partial charge in [-0.25, -0.2) is 17.6 Å². The zero-order chi connectivity index (χ0) is 19.6. The fourth-order valence-corrected chi connectivity index (χ4v) is 5.15. The minimum atomic E-state index is -3.90. The van der Waals surface area contributed by atoms with Crippen molar-refractivity contribution in [3.05, 3.63) is 70.3 Å². The second-order valence-corrected chi connectivity index (χ2v) is 9.00. The highest BCUT2D eigenvalue weighted by atomic mass is 35.5. The van der Waals surface area contributed by atoms with E-state index in [1.54, 1.807) is 6.07 Å². The quantitative estimate of drug-likeness (QED) is 0.596. The van der Waals surface area contributed by atoms with Gasteiger partial charge in [-0.15, -0.1) is 11.3 Å². The monoisotopic (exact) mass is 425 g/mol. The molecular formula is C18H13ClFNO4S2. The van der Waals surface area contributed by atoms with Crippen molar-refractivity contribution in [2.45, 2.75) is 4.21 Å². The SMILES string of the molecule is COC(=O)c1ccc(NS(=O)(=O)c2cc(-c3cccc(F)c3)c(Cl)s2)cc1. The number of thiophene rings is 1. The average Bonchev–Trinajstić information content (AvgIpc) is 3.04. The normalized spacial score (nSPS) is 11.2. The van der Waals surface area contributed by atoms with Gasteiger partial charge in [0, 0.05) is 11.3 Å². The van der Waals surface area contributed by atoms with Gasteiger partial charge >= 0.3 is 5.97 Å². The molecule has 1 heterocycles. The van der Waals surface area contributed by atoms with E-state index in [2.05, 4.69) is 9.46 Å². The van der Waals surface area contributed by atoms with E-state index in [0.717, 1.165) is 11.3 Å². The van der Waals surface area contributed by atoms with Crippen LogP contribution in [0.4, 0.5) is 10.1 Å². The fraction of sp³-hybridized carbons (Fsp3) is 0.0556. The van der Waals surface area contributed by atoms with Crippen molar-refractivity contribution in [3.63, 3.8) is 0 Å². The van der Waals surface area contributed by atoms with Gasteiger partial charge in [0.25, 0.3) is 10.0 Å². The predicted octanol–water partition coefficient (Wildman–Crippen LogP) is 4.80. The second kappa shape index (κ2) is 7.67. The minimum absolute atomic E-state index is 0.0104. The van der Waals surface area contributed by atoms with E-state index in [9.17, 15) is 17.6 Å². The molecule has 0 unspecified atom stereocenters. The third kappa shape index (κ3) is 4.29. The Morgan fingerprint density at radius 2 is 1.85 bits per heavy atom. The maximum atomic E-state index is 13.4. The van der Waals surface area contributed by atoms with Gasteiger partial charge in [0.15, 0.2) is 0 Å². The van der Waals surface area contributed by atoms with Gasteiger partial charge in [-0.3, -0.25) is 4.72 Å². The number of esters is 1. The number of nitrogens with one attached hydrogen (secondary N) is 1. The number of carbonyl (C=O) groups is 1. The summed E-state index contributed by atoms with van der Waals surface area (Å²) in [5.41, 5.74) is 1.50. The van der Waals surface area contributed by atoms with Crippen LogP contribution in [0.5, 0.6) is 0 Å². The first-order valence-electron chi connectivity index (χ1n) is 7.56. The van der Waals surface area contributed by atoms with Crippen molar-refractivity contribution in [3.8, 4) is 11.1 Å². The van der Waals surface area contributed by atoms with Crippen LogP contribution in [0.2, 0.25) is 4.34 Å². The lowest BCUT2D eigenvalue weighted by Crippen LogP contribution is -2.11. The summed E-state index contributed by atoms with van der Waals surface area (Å²) in [5, 5.41) is 0.